The molecule has 4 aromatic carbocycles. The standard InChI is InChI=1S/C34H30FN5O/c1-39-19-17-24(18-20-39)23-11-13-25(14-12-23)26-15-16-29-31(32(26)35)33(41)40(30(36-29)21-22-7-3-2-4-8-22)34-37-27-9-5-6-10-28(27)38-34/h2-16,24H,17-21H2,1H3,(H,37,38). The highest BCUT2D eigenvalue weighted by Gasteiger charge is 2.22. The normalized spacial score (nSPS) is 14.7. The summed E-state index contributed by atoms with van der Waals surface area (Å²) in [6.45, 7) is 2.17. The van der Waals surface area contributed by atoms with Crippen molar-refractivity contribution in [2.45, 2.75) is 25.2 Å². The van der Waals surface area contributed by atoms with Crippen molar-refractivity contribution in [1.29, 1.82) is 0 Å². The molecule has 6 aromatic rings. The first-order valence-electron chi connectivity index (χ1n) is 14.1. The number of rotatable bonds is 5. The Hall–Kier alpha value is -4.62. The minimum absolute atomic E-state index is 0.0424. The van der Waals surface area contributed by atoms with Crippen molar-refractivity contribution in [3.8, 4) is 17.1 Å². The molecular formula is C34H30FN5O. The van der Waals surface area contributed by atoms with E-state index in [1.54, 1.807) is 12.1 Å². The molecular weight excluding hydrogens is 513 g/mol. The number of nitrogens with zero attached hydrogens (tertiary/aromatic N) is 4. The third-order valence-electron chi connectivity index (χ3n) is 8.25. The molecule has 7 heteroatoms. The number of piperidine rings is 1. The highest BCUT2D eigenvalue weighted by Crippen LogP contribution is 2.32. The average Bonchev–Trinajstić information content (AvgIpc) is 3.42. The summed E-state index contributed by atoms with van der Waals surface area (Å²) in [6.07, 6.45) is 2.64. The lowest BCUT2D eigenvalue weighted by molar-refractivity contribution is 0.255. The summed E-state index contributed by atoms with van der Waals surface area (Å²) in [5.74, 6) is 0.763. The van der Waals surface area contributed by atoms with Gasteiger partial charge in [0.2, 0.25) is 5.95 Å². The van der Waals surface area contributed by atoms with Gasteiger partial charge in [-0.1, -0.05) is 66.7 Å². The number of fused-ring (bicyclic) bond motifs is 2. The van der Waals surface area contributed by atoms with E-state index in [0.29, 0.717) is 35.2 Å². The number of likely N-dealkylation sites (tertiary alicyclic amines) is 1. The maximum atomic E-state index is 16.3. The molecule has 0 atom stereocenters. The van der Waals surface area contributed by atoms with E-state index in [4.69, 9.17) is 4.98 Å². The van der Waals surface area contributed by atoms with Crippen LogP contribution in [0.25, 0.3) is 39.0 Å². The van der Waals surface area contributed by atoms with Crippen molar-refractivity contribution >= 4 is 21.9 Å². The monoisotopic (exact) mass is 543 g/mol. The van der Waals surface area contributed by atoms with Crippen LogP contribution in [0.2, 0.25) is 0 Å². The Morgan fingerprint density at radius 3 is 2.34 bits per heavy atom. The van der Waals surface area contributed by atoms with Gasteiger partial charge in [0.25, 0.3) is 5.56 Å². The molecule has 1 aliphatic rings. The van der Waals surface area contributed by atoms with Gasteiger partial charge >= 0.3 is 0 Å². The zero-order valence-corrected chi connectivity index (χ0v) is 22.8. The zero-order chi connectivity index (χ0) is 27.9. The summed E-state index contributed by atoms with van der Waals surface area (Å²) in [7, 11) is 2.16. The number of benzene rings is 4. The lowest BCUT2D eigenvalue weighted by atomic mass is 9.88. The van der Waals surface area contributed by atoms with Crippen molar-refractivity contribution in [1.82, 2.24) is 24.4 Å². The van der Waals surface area contributed by atoms with E-state index in [9.17, 15) is 4.79 Å². The molecule has 2 aromatic heterocycles. The van der Waals surface area contributed by atoms with Crippen LogP contribution in [0.4, 0.5) is 4.39 Å². The molecule has 41 heavy (non-hydrogen) atoms. The molecule has 0 saturated carbocycles. The first-order valence-corrected chi connectivity index (χ1v) is 14.1. The maximum absolute atomic E-state index is 16.3. The third-order valence-corrected chi connectivity index (χ3v) is 8.25. The number of H-pyrrole nitrogens is 1. The van der Waals surface area contributed by atoms with Crippen molar-refractivity contribution in [2.75, 3.05) is 20.1 Å². The fourth-order valence-electron chi connectivity index (χ4n) is 5.94. The van der Waals surface area contributed by atoms with Gasteiger partial charge in [0.05, 0.1) is 16.6 Å². The first kappa shape index (κ1) is 25.4. The van der Waals surface area contributed by atoms with E-state index in [0.717, 1.165) is 48.1 Å². The van der Waals surface area contributed by atoms with Gasteiger partial charge in [0.1, 0.15) is 17.0 Å². The summed E-state index contributed by atoms with van der Waals surface area (Å²) < 4.78 is 17.7. The van der Waals surface area contributed by atoms with Gasteiger partial charge in [0, 0.05) is 12.0 Å². The third kappa shape index (κ3) is 4.72. The van der Waals surface area contributed by atoms with Gasteiger partial charge < -0.3 is 9.88 Å². The molecule has 0 spiro atoms. The number of hydrogen-bond acceptors (Lipinski definition) is 4. The molecule has 0 unspecified atom stereocenters. The molecule has 1 fully saturated rings. The minimum atomic E-state index is -0.567. The van der Waals surface area contributed by atoms with Gasteiger partial charge in [-0.3, -0.25) is 4.79 Å². The molecule has 3 heterocycles. The Bertz CT molecular complexity index is 1890. The van der Waals surface area contributed by atoms with Crippen LogP contribution in [0.5, 0.6) is 0 Å². The van der Waals surface area contributed by atoms with Crippen molar-refractivity contribution in [3.63, 3.8) is 0 Å². The lowest BCUT2D eigenvalue weighted by Gasteiger charge is -2.29. The predicted octanol–water partition coefficient (Wildman–Crippen LogP) is 6.47. The number of imidazole rings is 1. The van der Waals surface area contributed by atoms with Crippen LogP contribution in [-0.2, 0) is 6.42 Å². The number of hydrogen-bond donors (Lipinski definition) is 1. The van der Waals surface area contributed by atoms with E-state index < -0.39 is 11.4 Å². The predicted molar refractivity (Wildman–Crippen MR) is 161 cm³/mol. The van der Waals surface area contributed by atoms with Crippen molar-refractivity contribution in [3.05, 3.63) is 124 Å². The average molecular weight is 544 g/mol. The Labute approximate surface area is 237 Å². The fraction of sp³-hybridized carbons (Fsp3) is 0.206. The van der Waals surface area contributed by atoms with Gasteiger partial charge in [0.15, 0.2) is 0 Å². The summed E-state index contributed by atoms with van der Waals surface area (Å²) in [6, 6.07) is 29.0. The van der Waals surface area contributed by atoms with E-state index in [2.05, 4.69) is 34.0 Å². The molecule has 1 aliphatic heterocycles. The molecule has 1 N–H and O–H groups in total. The fourth-order valence-corrected chi connectivity index (χ4v) is 5.94. The zero-order valence-electron chi connectivity index (χ0n) is 22.8. The van der Waals surface area contributed by atoms with Crippen LogP contribution in [0.3, 0.4) is 0 Å². The van der Waals surface area contributed by atoms with E-state index in [1.165, 1.54) is 10.1 Å². The number of nitrogens with one attached hydrogen (secondary N) is 1. The summed E-state index contributed by atoms with van der Waals surface area (Å²) >= 11 is 0. The molecule has 1 saturated heterocycles. The Kier molecular flexibility index (Phi) is 6.44. The van der Waals surface area contributed by atoms with Gasteiger partial charge in [-0.25, -0.2) is 18.9 Å². The minimum Gasteiger partial charge on any atom is -0.323 e. The number of aromatic nitrogens is 4. The van der Waals surface area contributed by atoms with Crippen LogP contribution in [0, 0.1) is 5.82 Å². The molecule has 6 nitrogen and oxygen atoms in total. The largest absolute Gasteiger partial charge is 0.323 e. The molecule has 0 aliphatic carbocycles. The SMILES string of the molecule is CN1CCC(c2ccc(-c3ccc4nc(Cc5ccccc5)n(-c5nc6ccccc6[nH]5)c(=O)c4c3F)cc2)CC1. The van der Waals surface area contributed by atoms with Gasteiger partial charge in [-0.05, 0) is 79.9 Å². The van der Waals surface area contributed by atoms with Crippen LogP contribution < -0.4 is 5.56 Å². The Morgan fingerprint density at radius 2 is 1.59 bits per heavy atom. The second-order valence-corrected chi connectivity index (χ2v) is 10.9. The summed E-state index contributed by atoms with van der Waals surface area (Å²) in [5, 5.41) is -0.0424. The van der Waals surface area contributed by atoms with Crippen LogP contribution >= 0.6 is 0 Å². The summed E-state index contributed by atoms with van der Waals surface area (Å²) in [5.41, 5.74) is 4.76. The molecule has 7 rings (SSSR count). The molecule has 0 bridgehead atoms. The second kappa shape index (κ2) is 10.4. The van der Waals surface area contributed by atoms with E-state index in [1.807, 2.05) is 66.7 Å². The van der Waals surface area contributed by atoms with Gasteiger partial charge in [-0.15, -0.1) is 0 Å². The summed E-state index contributed by atoms with van der Waals surface area (Å²) in [4.78, 5) is 29.2. The number of halogens is 1. The Balaban J connectivity index is 1.35. The quantitative estimate of drug-likeness (QED) is 0.271. The number of para-hydroxylation sites is 2. The van der Waals surface area contributed by atoms with E-state index in [-0.39, 0.29) is 5.39 Å². The highest BCUT2D eigenvalue weighted by molar-refractivity contribution is 5.85. The Morgan fingerprint density at radius 1 is 0.854 bits per heavy atom. The highest BCUT2D eigenvalue weighted by atomic mass is 19.1. The molecule has 204 valence electrons. The van der Waals surface area contributed by atoms with Crippen LogP contribution in [0.1, 0.15) is 35.7 Å². The van der Waals surface area contributed by atoms with E-state index >= 15 is 4.39 Å². The second-order valence-electron chi connectivity index (χ2n) is 10.9. The van der Waals surface area contributed by atoms with Crippen LogP contribution in [-0.4, -0.2) is 44.6 Å². The lowest BCUT2D eigenvalue weighted by Crippen LogP contribution is -2.29. The topological polar surface area (TPSA) is 66.8 Å². The van der Waals surface area contributed by atoms with Crippen LogP contribution in [0.15, 0.2) is 95.8 Å². The van der Waals surface area contributed by atoms with Crippen molar-refractivity contribution in [2.24, 2.45) is 0 Å². The number of aromatic amines is 1. The molecule has 0 amide bonds. The maximum Gasteiger partial charge on any atom is 0.271 e. The smallest absolute Gasteiger partial charge is 0.271 e. The first-order chi connectivity index (χ1) is 20.0. The van der Waals surface area contributed by atoms with Gasteiger partial charge in [-0.2, -0.15) is 0 Å². The molecule has 0 radical (unpaired) electrons. The van der Waals surface area contributed by atoms with Crippen molar-refractivity contribution < 1.29 is 4.39 Å².